The van der Waals surface area contributed by atoms with Crippen LogP contribution in [0, 0.1) is 0 Å². The Morgan fingerprint density at radius 1 is 1.24 bits per heavy atom. The lowest BCUT2D eigenvalue weighted by molar-refractivity contribution is -0.116. The van der Waals surface area contributed by atoms with Crippen molar-refractivity contribution in [3.8, 4) is 0 Å². The molecule has 1 aliphatic rings. The average molecular weight is 233 g/mol. The Bertz CT molecular complexity index is 382. The van der Waals surface area contributed by atoms with E-state index in [2.05, 4.69) is 4.90 Å². The molecule has 1 saturated carbocycles. The molecule has 17 heavy (non-hydrogen) atoms. The van der Waals surface area contributed by atoms with Crippen LogP contribution in [0.5, 0.6) is 0 Å². The van der Waals surface area contributed by atoms with E-state index in [1.165, 1.54) is 12.8 Å². The molecule has 0 aromatic heterocycles. The fourth-order valence-corrected chi connectivity index (χ4v) is 2.48. The molecule has 0 radical (unpaired) electrons. The van der Waals surface area contributed by atoms with Gasteiger partial charge in [0.05, 0.1) is 6.54 Å². The fourth-order valence-electron chi connectivity index (χ4n) is 2.48. The summed E-state index contributed by atoms with van der Waals surface area (Å²) in [5.74, 6) is -0.284. The quantitative estimate of drug-likeness (QED) is 0.774. The van der Waals surface area contributed by atoms with Crippen LogP contribution in [0.1, 0.15) is 25.7 Å². The maximum Gasteiger partial charge on any atom is 0.236 e. The SMILES string of the molecule is NC(=O)CN(c1ccc(N)cc1)C1CCCC1. The lowest BCUT2D eigenvalue weighted by atomic mass is 10.1. The molecule has 1 amide bonds. The number of nitrogens with two attached hydrogens (primary N) is 2. The van der Waals surface area contributed by atoms with Crippen molar-refractivity contribution in [1.82, 2.24) is 0 Å². The number of anilines is 2. The topological polar surface area (TPSA) is 72.4 Å². The van der Waals surface area contributed by atoms with Crippen LogP contribution in [0.2, 0.25) is 0 Å². The van der Waals surface area contributed by atoms with E-state index in [0.29, 0.717) is 6.04 Å². The van der Waals surface area contributed by atoms with Crippen LogP contribution in [0.3, 0.4) is 0 Å². The minimum absolute atomic E-state index is 0.284. The molecule has 1 aromatic carbocycles. The summed E-state index contributed by atoms with van der Waals surface area (Å²) in [7, 11) is 0. The molecule has 4 N–H and O–H groups in total. The van der Waals surface area contributed by atoms with Gasteiger partial charge in [0.25, 0.3) is 0 Å². The van der Waals surface area contributed by atoms with Gasteiger partial charge >= 0.3 is 0 Å². The van der Waals surface area contributed by atoms with E-state index in [0.717, 1.165) is 24.2 Å². The third-order valence-electron chi connectivity index (χ3n) is 3.32. The summed E-state index contributed by atoms with van der Waals surface area (Å²) >= 11 is 0. The summed E-state index contributed by atoms with van der Waals surface area (Å²) in [6.45, 7) is 0.286. The smallest absolute Gasteiger partial charge is 0.236 e. The molecule has 1 aliphatic carbocycles. The van der Waals surface area contributed by atoms with Gasteiger partial charge in [-0.3, -0.25) is 4.79 Å². The molecule has 1 aromatic rings. The van der Waals surface area contributed by atoms with Crippen molar-refractivity contribution in [2.45, 2.75) is 31.7 Å². The highest BCUT2D eigenvalue weighted by molar-refractivity contribution is 5.79. The van der Waals surface area contributed by atoms with E-state index in [-0.39, 0.29) is 12.5 Å². The highest BCUT2D eigenvalue weighted by Gasteiger charge is 2.23. The molecule has 0 spiro atoms. The van der Waals surface area contributed by atoms with Crippen molar-refractivity contribution in [3.63, 3.8) is 0 Å². The molecule has 0 atom stereocenters. The molecule has 4 heteroatoms. The number of amides is 1. The zero-order valence-corrected chi connectivity index (χ0v) is 9.93. The summed E-state index contributed by atoms with van der Waals surface area (Å²) in [4.78, 5) is 13.3. The summed E-state index contributed by atoms with van der Waals surface area (Å²) in [5.41, 5.74) is 12.8. The Morgan fingerprint density at radius 3 is 2.35 bits per heavy atom. The monoisotopic (exact) mass is 233 g/mol. The largest absolute Gasteiger partial charge is 0.399 e. The number of rotatable bonds is 4. The van der Waals surface area contributed by atoms with Crippen LogP contribution in [0.25, 0.3) is 0 Å². The zero-order valence-electron chi connectivity index (χ0n) is 9.93. The van der Waals surface area contributed by atoms with Crippen molar-refractivity contribution < 1.29 is 4.79 Å². The molecular weight excluding hydrogens is 214 g/mol. The Balaban J connectivity index is 2.19. The van der Waals surface area contributed by atoms with Crippen LogP contribution in [0.15, 0.2) is 24.3 Å². The number of hydrogen-bond donors (Lipinski definition) is 2. The third-order valence-corrected chi connectivity index (χ3v) is 3.32. The summed E-state index contributed by atoms with van der Waals surface area (Å²) in [6, 6.07) is 8.06. The zero-order chi connectivity index (χ0) is 12.3. The second-order valence-electron chi connectivity index (χ2n) is 4.62. The predicted octanol–water partition coefficient (Wildman–Crippen LogP) is 1.50. The molecule has 4 nitrogen and oxygen atoms in total. The normalized spacial score (nSPS) is 16.0. The fraction of sp³-hybridized carbons (Fsp3) is 0.462. The average Bonchev–Trinajstić information content (AvgIpc) is 2.80. The van der Waals surface area contributed by atoms with Crippen molar-refractivity contribution in [2.75, 3.05) is 17.2 Å². The minimum atomic E-state index is -0.284. The van der Waals surface area contributed by atoms with E-state index in [4.69, 9.17) is 11.5 Å². The van der Waals surface area contributed by atoms with Gasteiger partial charge in [-0.15, -0.1) is 0 Å². The number of hydrogen-bond acceptors (Lipinski definition) is 3. The van der Waals surface area contributed by atoms with Gasteiger partial charge in [0.2, 0.25) is 5.91 Å². The van der Waals surface area contributed by atoms with Crippen LogP contribution in [-0.2, 0) is 4.79 Å². The first-order chi connectivity index (χ1) is 8.16. The highest BCUT2D eigenvalue weighted by atomic mass is 16.1. The number of carbonyl (C=O) groups excluding carboxylic acids is 1. The van der Waals surface area contributed by atoms with Gasteiger partial charge in [-0.1, -0.05) is 12.8 Å². The van der Waals surface area contributed by atoms with E-state index in [9.17, 15) is 4.79 Å². The predicted molar refractivity (Wildman–Crippen MR) is 69.7 cm³/mol. The standard InChI is InChI=1S/C13H19N3O/c14-10-5-7-12(8-6-10)16(9-13(15)17)11-3-1-2-4-11/h5-8,11H,1-4,9,14H2,(H2,15,17). The first kappa shape index (κ1) is 11.8. The van der Waals surface area contributed by atoms with Gasteiger partial charge in [-0.05, 0) is 37.1 Å². The molecule has 0 aliphatic heterocycles. The molecule has 0 unspecified atom stereocenters. The summed E-state index contributed by atoms with van der Waals surface area (Å²) < 4.78 is 0. The Hall–Kier alpha value is -1.71. The third kappa shape index (κ3) is 2.90. The van der Waals surface area contributed by atoms with E-state index in [1.807, 2.05) is 24.3 Å². The van der Waals surface area contributed by atoms with E-state index in [1.54, 1.807) is 0 Å². The lowest BCUT2D eigenvalue weighted by Crippen LogP contribution is -2.40. The van der Waals surface area contributed by atoms with E-state index >= 15 is 0 Å². The van der Waals surface area contributed by atoms with Gasteiger partial charge in [0.15, 0.2) is 0 Å². The number of carbonyl (C=O) groups is 1. The second kappa shape index (κ2) is 5.08. The molecule has 0 bridgehead atoms. The molecule has 0 heterocycles. The van der Waals surface area contributed by atoms with Crippen molar-refractivity contribution in [1.29, 1.82) is 0 Å². The van der Waals surface area contributed by atoms with Crippen LogP contribution in [-0.4, -0.2) is 18.5 Å². The number of nitrogens with zero attached hydrogens (tertiary/aromatic N) is 1. The van der Waals surface area contributed by atoms with E-state index < -0.39 is 0 Å². The molecular formula is C13H19N3O. The van der Waals surface area contributed by atoms with Gasteiger partial charge < -0.3 is 16.4 Å². The number of primary amides is 1. The van der Waals surface area contributed by atoms with Gasteiger partial charge in [0, 0.05) is 17.4 Å². The van der Waals surface area contributed by atoms with Crippen molar-refractivity contribution >= 4 is 17.3 Å². The minimum Gasteiger partial charge on any atom is -0.399 e. The van der Waals surface area contributed by atoms with Crippen LogP contribution in [0.4, 0.5) is 11.4 Å². The first-order valence-electron chi connectivity index (χ1n) is 6.07. The Kier molecular flexibility index (Phi) is 3.52. The maximum atomic E-state index is 11.2. The second-order valence-corrected chi connectivity index (χ2v) is 4.62. The summed E-state index contributed by atoms with van der Waals surface area (Å²) in [6.07, 6.45) is 4.74. The Labute approximate surface area is 102 Å². The molecule has 0 saturated heterocycles. The van der Waals surface area contributed by atoms with Gasteiger partial charge in [-0.25, -0.2) is 0 Å². The highest BCUT2D eigenvalue weighted by Crippen LogP contribution is 2.28. The van der Waals surface area contributed by atoms with Gasteiger partial charge in [0.1, 0.15) is 0 Å². The number of benzene rings is 1. The molecule has 2 rings (SSSR count). The lowest BCUT2D eigenvalue weighted by Gasteiger charge is -2.30. The van der Waals surface area contributed by atoms with Gasteiger partial charge in [-0.2, -0.15) is 0 Å². The summed E-state index contributed by atoms with van der Waals surface area (Å²) in [5, 5.41) is 0. The van der Waals surface area contributed by atoms with Crippen molar-refractivity contribution in [3.05, 3.63) is 24.3 Å². The Morgan fingerprint density at radius 2 is 1.82 bits per heavy atom. The van der Waals surface area contributed by atoms with Crippen LogP contribution < -0.4 is 16.4 Å². The van der Waals surface area contributed by atoms with Crippen LogP contribution >= 0.6 is 0 Å². The van der Waals surface area contributed by atoms with Crippen molar-refractivity contribution in [2.24, 2.45) is 5.73 Å². The first-order valence-corrected chi connectivity index (χ1v) is 6.07. The molecule has 1 fully saturated rings. The maximum absolute atomic E-state index is 11.2. The molecule has 92 valence electrons. The number of nitrogen functional groups attached to an aromatic ring is 1.